The van der Waals surface area contributed by atoms with Crippen LogP contribution < -0.4 is 10.6 Å². The van der Waals surface area contributed by atoms with Crippen molar-refractivity contribution in [3.8, 4) is 0 Å². The van der Waals surface area contributed by atoms with E-state index in [1.54, 1.807) is 7.11 Å². The molecule has 0 aliphatic carbocycles. The predicted octanol–water partition coefficient (Wildman–Crippen LogP) is 0.597. The van der Waals surface area contributed by atoms with Crippen molar-refractivity contribution >= 4 is 27.5 Å². The summed E-state index contributed by atoms with van der Waals surface area (Å²) < 4.78 is 5.78. The maximum absolute atomic E-state index is 11.5. The maximum Gasteiger partial charge on any atom is 0.279 e. The lowest BCUT2D eigenvalue weighted by Gasteiger charge is -2.06. The normalized spacial score (nSPS) is 10.1. The standard InChI is InChI=1S/C11H15BrN2O2/c1-16-7-6-13-8-11(15)14-10-5-3-2-4-9(10)12/h2-5,13H,6-8H2,1H3,(H,14,15)/p+1. The van der Waals surface area contributed by atoms with Gasteiger partial charge in [-0.15, -0.1) is 0 Å². The Bertz CT molecular complexity index is 345. The molecule has 16 heavy (non-hydrogen) atoms. The first kappa shape index (κ1) is 13.2. The molecule has 0 fully saturated rings. The van der Waals surface area contributed by atoms with Crippen molar-refractivity contribution in [2.75, 3.05) is 32.1 Å². The van der Waals surface area contributed by atoms with Crippen molar-refractivity contribution in [3.63, 3.8) is 0 Å². The van der Waals surface area contributed by atoms with Gasteiger partial charge < -0.3 is 15.4 Å². The lowest BCUT2D eigenvalue weighted by atomic mass is 10.3. The van der Waals surface area contributed by atoms with E-state index in [1.807, 2.05) is 29.6 Å². The van der Waals surface area contributed by atoms with Crippen molar-refractivity contribution in [1.82, 2.24) is 0 Å². The minimum Gasteiger partial charge on any atom is -0.379 e. The van der Waals surface area contributed by atoms with Gasteiger partial charge in [0.15, 0.2) is 6.54 Å². The number of nitrogens with two attached hydrogens (primary N) is 1. The summed E-state index contributed by atoms with van der Waals surface area (Å²) in [4.78, 5) is 11.5. The van der Waals surface area contributed by atoms with E-state index >= 15 is 0 Å². The minimum absolute atomic E-state index is 0.0111. The fourth-order valence-electron chi connectivity index (χ4n) is 1.20. The number of carbonyl (C=O) groups excluding carboxylic acids is 1. The highest BCUT2D eigenvalue weighted by molar-refractivity contribution is 9.10. The van der Waals surface area contributed by atoms with Crippen LogP contribution in [0, 0.1) is 0 Å². The molecule has 0 atom stereocenters. The third-order valence-electron chi connectivity index (χ3n) is 2.00. The Morgan fingerprint density at radius 2 is 2.25 bits per heavy atom. The number of anilines is 1. The molecular weight excluding hydrogens is 272 g/mol. The molecule has 1 aromatic carbocycles. The molecule has 0 aliphatic rings. The second-order valence-corrected chi connectivity index (χ2v) is 4.16. The summed E-state index contributed by atoms with van der Waals surface area (Å²) in [6, 6.07) is 7.54. The summed E-state index contributed by atoms with van der Waals surface area (Å²) >= 11 is 3.37. The Hall–Kier alpha value is -0.910. The number of hydrogen-bond donors (Lipinski definition) is 2. The average Bonchev–Trinajstić information content (AvgIpc) is 2.28. The summed E-state index contributed by atoms with van der Waals surface area (Å²) in [7, 11) is 1.65. The Labute approximate surface area is 103 Å². The van der Waals surface area contributed by atoms with Gasteiger partial charge in [0.25, 0.3) is 5.91 Å². The van der Waals surface area contributed by atoms with Gasteiger partial charge in [0.2, 0.25) is 0 Å². The number of methoxy groups -OCH3 is 1. The Kier molecular flexibility index (Phi) is 6.07. The van der Waals surface area contributed by atoms with Crippen LogP contribution in [0.5, 0.6) is 0 Å². The Morgan fingerprint density at radius 3 is 2.94 bits per heavy atom. The van der Waals surface area contributed by atoms with E-state index in [9.17, 15) is 4.79 Å². The zero-order valence-corrected chi connectivity index (χ0v) is 10.8. The molecule has 0 spiro atoms. The lowest BCUT2D eigenvalue weighted by molar-refractivity contribution is -0.645. The summed E-state index contributed by atoms with van der Waals surface area (Å²) in [6.07, 6.45) is 0. The van der Waals surface area contributed by atoms with E-state index in [0.29, 0.717) is 13.2 Å². The molecular formula is C11H16BrN2O2+. The first-order valence-corrected chi connectivity index (χ1v) is 5.88. The Balaban J connectivity index is 2.32. The van der Waals surface area contributed by atoms with E-state index in [1.165, 1.54) is 0 Å². The molecule has 1 rings (SSSR count). The largest absolute Gasteiger partial charge is 0.379 e. The van der Waals surface area contributed by atoms with E-state index in [2.05, 4.69) is 21.2 Å². The quantitative estimate of drug-likeness (QED) is 0.753. The van der Waals surface area contributed by atoms with Crippen LogP contribution in [0.2, 0.25) is 0 Å². The van der Waals surface area contributed by atoms with Crippen LogP contribution in [0.15, 0.2) is 28.7 Å². The molecule has 0 bridgehead atoms. The number of quaternary nitrogens is 1. The first-order chi connectivity index (χ1) is 7.74. The van der Waals surface area contributed by atoms with Gasteiger partial charge in [0, 0.05) is 11.6 Å². The van der Waals surface area contributed by atoms with Gasteiger partial charge in [-0.05, 0) is 28.1 Å². The number of halogens is 1. The van der Waals surface area contributed by atoms with Crippen LogP contribution in [0.4, 0.5) is 5.69 Å². The van der Waals surface area contributed by atoms with Gasteiger partial charge in [-0.1, -0.05) is 12.1 Å². The molecule has 1 amide bonds. The number of amides is 1. The van der Waals surface area contributed by atoms with Gasteiger partial charge in [-0.3, -0.25) is 4.79 Å². The molecule has 5 heteroatoms. The third kappa shape index (κ3) is 4.74. The molecule has 0 aromatic heterocycles. The first-order valence-electron chi connectivity index (χ1n) is 5.09. The van der Waals surface area contributed by atoms with Crippen LogP contribution in [-0.4, -0.2) is 32.7 Å². The summed E-state index contributed by atoms with van der Waals surface area (Å²) in [5.41, 5.74) is 0.799. The van der Waals surface area contributed by atoms with Crippen molar-refractivity contribution in [1.29, 1.82) is 0 Å². The Morgan fingerprint density at radius 1 is 1.50 bits per heavy atom. The molecule has 0 heterocycles. The van der Waals surface area contributed by atoms with Gasteiger partial charge in [0.05, 0.1) is 18.8 Å². The van der Waals surface area contributed by atoms with E-state index < -0.39 is 0 Å². The summed E-state index contributed by atoms with van der Waals surface area (Å²) in [5.74, 6) is -0.0111. The van der Waals surface area contributed by atoms with Crippen molar-refractivity contribution in [2.45, 2.75) is 0 Å². The number of rotatable bonds is 6. The molecule has 0 radical (unpaired) electrons. The number of benzene rings is 1. The molecule has 1 aromatic rings. The molecule has 88 valence electrons. The van der Waals surface area contributed by atoms with Crippen LogP contribution in [0.1, 0.15) is 0 Å². The minimum atomic E-state index is -0.0111. The number of para-hydroxylation sites is 1. The monoisotopic (exact) mass is 287 g/mol. The highest BCUT2D eigenvalue weighted by atomic mass is 79.9. The van der Waals surface area contributed by atoms with Crippen LogP contribution in [0.3, 0.4) is 0 Å². The third-order valence-corrected chi connectivity index (χ3v) is 2.70. The fraction of sp³-hybridized carbons (Fsp3) is 0.364. The van der Waals surface area contributed by atoms with E-state index in [0.717, 1.165) is 16.7 Å². The van der Waals surface area contributed by atoms with Gasteiger partial charge >= 0.3 is 0 Å². The van der Waals surface area contributed by atoms with Gasteiger partial charge in [0.1, 0.15) is 0 Å². The van der Waals surface area contributed by atoms with Crippen molar-refractivity contribution < 1.29 is 14.8 Å². The zero-order chi connectivity index (χ0) is 11.8. The lowest BCUT2D eigenvalue weighted by Crippen LogP contribution is -2.87. The number of carbonyl (C=O) groups is 1. The molecule has 0 saturated heterocycles. The van der Waals surface area contributed by atoms with Gasteiger partial charge in [-0.2, -0.15) is 0 Å². The summed E-state index contributed by atoms with van der Waals surface area (Å²) in [6.45, 7) is 1.85. The van der Waals surface area contributed by atoms with E-state index in [-0.39, 0.29) is 5.91 Å². The molecule has 3 N–H and O–H groups in total. The second kappa shape index (κ2) is 7.38. The molecule has 4 nitrogen and oxygen atoms in total. The highest BCUT2D eigenvalue weighted by Crippen LogP contribution is 2.20. The molecule has 0 saturated carbocycles. The van der Waals surface area contributed by atoms with E-state index in [4.69, 9.17) is 4.74 Å². The van der Waals surface area contributed by atoms with Crippen molar-refractivity contribution in [2.24, 2.45) is 0 Å². The molecule has 0 aliphatic heterocycles. The zero-order valence-electron chi connectivity index (χ0n) is 9.20. The van der Waals surface area contributed by atoms with Crippen LogP contribution in [-0.2, 0) is 9.53 Å². The highest BCUT2D eigenvalue weighted by Gasteiger charge is 2.05. The average molecular weight is 288 g/mol. The number of hydrogen-bond acceptors (Lipinski definition) is 2. The van der Waals surface area contributed by atoms with Crippen LogP contribution in [0.25, 0.3) is 0 Å². The van der Waals surface area contributed by atoms with Gasteiger partial charge in [-0.25, -0.2) is 0 Å². The number of ether oxygens (including phenoxy) is 1. The summed E-state index contributed by atoms with van der Waals surface area (Å²) in [5, 5.41) is 4.74. The maximum atomic E-state index is 11.5. The van der Waals surface area contributed by atoms with Crippen molar-refractivity contribution in [3.05, 3.63) is 28.7 Å². The topological polar surface area (TPSA) is 54.9 Å². The predicted molar refractivity (Wildman–Crippen MR) is 66.3 cm³/mol. The second-order valence-electron chi connectivity index (χ2n) is 3.30. The number of nitrogens with one attached hydrogen (secondary N) is 1. The fourth-order valence-corrected chi connectivity index (χ4v) is 1.58. The smallest absolute Gasteiger partial charge is 0.279 e. The van der Waals surface area contributed by atoms with Crippen LogP contribution >= 0.6 is 15.9 Å². The SMILES string of the molecule is COCC[NH2+]CC(=O)Nc1ccccc1Br. The molecule has 0 unspecified atom stereocenters.